The Labute approximate surface area is 368 Å². The number of esters is 3. The predicted octanol–water partition coefficient (Wildman–Crippen LogP) is 16.9. The summed E-state index contributed by atoms with van der Waals surface area (Å²) in [5.41, 5.74) is 0. The van der Waals surface area contributed by atoms with Crippen molar-refractivity contribution >= 4 is 17.9 Å². The van der Waals surface area contributed by atoms with Crippen LogP contribution in [0.3, 0.4) is 0 Å². The van der Waals surface area contributed by atoms with E-state index in [1.54, 1.807) is 0 Å². The van der Waals surface area contributed by atoms with Crippen LogP contribution in [-0.4, -0.2) is 37.2 Å². The SMILES string of the molecule is CCCCCCCCCCCCC(=O)O[C@H](COC(=O)CCCCCCCCCCCCCCCCCCC(C)C)COC(=O)CCCCCCCCCCC(C)CC. The van der Waals surface area contributed by atoms with Gasteiger partial charge in [-0.05, 0) is 31.1 Å². The second-order valence-corrected chi connectivity index (χ2v) is 18.9. The molecule has 0 aromatic heterocycles. The van der Waals surface area contributed by atoms with Crippen molar-refractivity contribution in [1.29, 1.82) is 0 Å². The van der Waals surface area contributed by atoms with Crippen molar-refractivity contribution in [1.82, 2.24) is 0 Å². The Hall–Kier alpha value is -1.59. The second-order valence-electron chi connectivity index (χ2n) is 18.9. The van der Waals surface area contributed by atoms with E-state index in [9.17, 15) is 14.4 Å². The molecule has 0 radical (unpaired) electrons. The zero-order valence-electron chi connectivity index (χ0n) is 40.4. The Morgan fingerprint density at radius 2 is 0.644 bits per heavy atom. The van der Waals surface area contributed by atoms with Crippen molar-refractivity contribution in [2.75, 3.05) is 13.2 Å². The molecule has 59 heavy (non-hydrogen) atoms. The first kappa shape index (κ1) is 57.4. The van der Waals surface area contributed by atoms with Crippen molar-refractivity contribution in [3.05, 3.63) is 0 Å². The molecule has 0 bridgehead atoms. The molecule has 0 fully saturated rings. The van der Waals surface area contributed by atoms with E-state index in [0.717, 1.165) is 69.6 Å². The molecule has 0 aromatic rings. The zero-order chi connectivity index (χ0) is 43.3. The molecule has 0 saturated heterocycles. The molecule has 0 rings (SSSR count). The summed E-state index contributed by atoms with van der Waals surface area (Å²) in [6, 6.07) is 0. The molecule has 1 unspecified atom stereocenters. The predicted molar refractivity (Wildman–Crippen MR) is 252 cm³/mol. The summed E-state index contributed by atoms with van der Waals surface area (Å²) < 4.78 is 16.8. The monoisotopic (exact) mass is 835 g/mol. The van der Waals surface area contributed by atoms with Crippen LogP contribution in [0.1, 0.15) is 291 Å². The summed E-state index contributed by atoms with van der Waals surface area (Å²) >= 11 is 0. The molecule has 6 nitrogen and oxygen atoms in total. The largest absolute Gasteiger partial charge is 0.462 e. The topological polar surface area (TPSA) is 78.9 Å². The summed E-state index contributed by atoms with van der Waals surface area (Å²) in [5, 5.41) is 0. The molecule has 0 aromatic carbocycles. The highest BCUT2D eigenvalue weighted by Gasteiger charge is 2.19. The van der Waals surface area contributed by atoms with Gasteiger partial charge >= 0.3 is 17.9 Å². The van der Waals surface area contributed by atoms with Crippen LogP contribution in [0.15, 0.2) is 0 Å². The minimum Gasteiger partial charge on any atom is -0.462 e. The summed E-state index contributed by atoms with van der Waals surface area (Å²) in [7, 11) is 0. The van der Waals surface area contributed by atoms with E-state index in [2.05, 4.69) is 34.6 Å². The summed E-state index contributed by atoms with van der Waals surface area (Å²) in [6.07, 6.45) is 46.6. The lowest BCUT2D eigenvalue weighted by atomic mass is 9.99. The Bertz CT molecular complexity index is 902. The van der Waals surface area contributed by atoms with Gasteiger partial charge in [0.2, 0.25) is 0 Å². The van der Waals surface area contributed by atoms with Crippen LogP contribution >= 0.6 is 0 Å². The van der Waals surface area contributed by atoms with Gasteiger partial charge < -0.3 is 14.2 Å². The lowest BCUT2D eigenvalue weighted by Gasteiger charge is -2.18. The van der Waals surface area contributed by atoms with E-state index in [1.165, 1.54) is 180 Å². The molecule has 0 aliphatic heterocycles. The molecule has 350 valence electrons. The normalized spacial score (nSPS) is 12.5. The summed E-state index contributed by atoms with van der Waals surface area (Å²) in [6.45, 7) is 11.4. The van der Waals surface area contributed by atoms with Crippen LogP contribution in [0.2, 0.25) is 0 Å². The first-order valence-electron chi connectivity index (χ1n) is 26.3. The first-order valence-corrected chi connectivity index (χ1v) is 26.3. The van der Waals surface area contributed by atoms with Gasteiger partial charge in [0.05, 0.1) is 0 Å². The number of ether oxygens (including phenoxy) is 3. The van der Waals surface area contributed by atoms with E-state index >= 15 is 0 Å². The van der Waals surface area contributed by atoms with Gasteiger partial charge in [-0.15, -0.1) is 0 Å². The smallest absolute Gasteiger partial charge is 0.306 e. The standard InChI is InChI=1S/C53H102O6/c1-6-8-9-10-11-12-22-30-35-40-45-53(56)59-50(47-58-52(55)44-39-34-29-25-24-27-32-37-42-49(5)7-2)46-57-51(54)43-38-33-28-23-20-18-16-14-13-15-17-19-21-26-31-36-41-48(3)4/h48-50H,6-47H2,1-5H3/t49?,50-/m1/s1. The summed E-state index contributed by atoms with van der Waals surface area (Å²) in [5.74, 6) is 0.851. The molecule has 0 saturated carbocycles. The Morgan fingerprint density at radius 1 is 0.356 bits per heavy atom. The van der Waals surface area contributed by atoms with Gasteiger partial charge in [-0.2, -0.15) is 0 Å². The second kappa shape index (κ2) is 45.9. The highest BCUT2D eigenvalue weighted by Crippen LogP contribution is 2.18. The van der Waals surface area contributed by atoms with Gasteiger partial charge in [0.1, 0.15) is 13.2 Å². The van der Waals surface area contributed by atoms with Gasteiger partial charge in [-0.1, -0.05) is 253 Å². The zero-order valence-corrected chi connectivity index (χ0v) is 40.4. The third kappa shape index (κ3) is 45.8. The number of carbonyl (C=O) groups excluding carboxylic acids is 3. The quantitative estimate of drug-likeness (QED) is 0.0345. The van der Waals surface area contributed by atoms with Crippen molar-refractivity contribution in [2.45, 2.75) is 298 Å². The number of carbonyl (C=O) groups is 3. The Morgan fingerprint density at radius 3 is 0.966 bits per heavy atom. The maximum Gasteiger partial charge on any atom is 0.306 e. The molecular weight excluding hydrogens is 733 g/mol. The van der Waals surface area contributed by atoms with Crippen LogP contribution in [0.25, 0.3) is 0 Å². The molecule has 6 heteroatoms. The lowest BCUT2D eigenvalue weighted by Crippen LogP contribution is -2.30. The molecule has 0 amide bonds. The number of rotatable bonds is 47. The van der Waals surface area contributed by atoms with Gasteiger partial charge in [0.25, 0.3) is 0 Å². The van der Waals surface area contributed by atoms with Crippen LogP contribution in [0.5, 0.6) is 0 Å². The molecule has 0 heterocycles. The maximum absolute atomic E-state index is 12.7. The molecule has 0 aliphatic carbocycles. The fourth-order valence-electron chi connectivity index (χ4n) is 7.96. The minimum absolute atomic E-state index is 0.0638. The van der Waals surface area contributed by atoms with E-state index in [-0.39, 0.29) is 31.1 Å². The van der Waals surface area contributed by atoms with Crippen LogP contribution in [-0.2, 0) is 28.6 Å². The molecular formula is C53H102O6. The lowest BCUT2D eigenvalue weighted by molar-refractivity contribution is -0.167. The first-order chi connectivity index (χ1) is 28.8. The van der Waals surface area contributed by atoms with Gasteiger partial charge in [0, 0.05) is 19.3 Å². The van der Waals surface area contributed by atoms with Gasteiger partial charge in [0.15, 0.2) is 6.10 Å². The fourth-order valence-corrected chi connectivity index (χ4v) is 7.96. The van der Waals surface area contributed by atoms with E-state index in [0.29, 0.717) is 19.3 Å². The van der Waals surface area contributed by atoms with Crippen LogP contribution < -0.4 is 0 Å². The molecule has 2 atom stereocenters. The average molecular weight is 835 g/mol. The van der Waals surface area contributed by atoms with Crippen molar-refractivity contribution in [3.8, 4) is 0 Å². The maximum atomic E-state index is 12.7. The Kier molecular flexibility index (Phi) is 44.7. The number of hydrogen-bond acceptors (Lipinski definition) is 6. The average Bonchev–Trinajstić information content (AvgIpc) is 3.22. The highest BCUT2D eigenvalue weighted by atomic mass is 16.6. The number of hydrogen-bond donors (Lipinski definition) is 0. The third-order valence-electron chi connectivity index (χ3n) is 12.3. The highest BCUT2D eigenvalue weighted by molar-refractivity contribution is 5.71. The third-order valence-corrected chi connectivity index (χ3v) is 12.3. The fraction of sp³-hybridized carbons (Fsp3) is 0.943. The van der Waals surface area contributed by atoms with Crippen molar-refractivity contribution in [3.63, 3.8) is 0 Å². The van der Waals surface area contributed by atoms with Gasteiger partial charge in [-0.25, -0.2) is 0 Å². The van der Waals surface area contributed by atoms with Crippen molar-refractivity contribution in [2.24, 2.45) is 11.8 Å². The van der Waals surface area contributed by atoms with Crippen LogP contribution in [0, 0.1) is 11.8 Å². The minimum atomic E-state index is -0.761. The van der Waals surface area contributed by atoms with Crippen LogP contribution in [0.4, 0.5) is 0 Å². The molecule has 0 aliphatic rings. The number of unbranched alkanes of at least 4 members (excludes halogenated alkanes) is 31. The van der Waals surface area contributed by atoms with E-state index in [1.807, 2.05) is 0 Å². The van der Waals surface area contributed by atoms with E-state index in [4.69, 9.17) is 14.2 Å². The van der Waals surface area contributed by atoms with E-state index < -0.39 is 6.10 Å². The Balaban J connectivity index is 4.23. The van der Waals surface area contributed by atoms with Crippen molar-refractivity contribution < 1.29 is 28.6 Å². The molecule has 0 spiro atoms. The molecule has 0 N–H and O–H groups in total. The van der Waals surface area contributed by atoms with Gasteiger partial charge in [-0.3, -0.25) is 14.4 Å². The summed E-state index contributed by atoms with van der Waals surface area (Å²) in [4.78, 5) is 37.9.